The van der Waals surface area contributed by atoms with E-state index in [1.807, 2.05) is 6.92 Å². The molecule has 0 saturated heterocycles. The van der Waals surface area contributed by atoms with E-state index in [9.17, 15) is 19.2 Å². The number of carbonyl (C=O) groups excluding carboxylic acids is 4. The van der Waals surface area contributed by atoms with Gasteiger partial charge in [-0.05, 0) is 31.7 Å². The lowest BCUT2D eigenvalue weighted by atomic mass is 9.99. The minimum Gasteiger partial charge on any atom is -0.468 e. The van der Waals surface area contributed by atoms with E-state index >= 15 is 0 Å². The molecule has 150 valence electrons. The second kappa shape index (κ2) is 6.58. The van der Waals surface area contributed by atoms with E-state index in [0.717, 1.165) is 10.4 Å². The first kappa shape index (κ1) is 18.9. The van der Waals surface area contributed by atoms with Gasteiger partial charge in [-0.15, -0.1) is 11.3 Å². The number of anilines is 1. The molecule has 1 saturated carbocycles. The highest BCUT2D eigenvalue weighted by molar-refractivity contribution is 7.17. The second-order valence-electron chi connectivity index (χ2n) is 7.53. The molecule has 0 N–H and O–H groups in total. The van der Waals surface area contributed by atoms with Crippen LogP contribution in [0.5, 0.6) is 0 Å². The SMILES string of the molecule is CCN1C(=O)CN(C)C(=O)c2c1sc1c2CCN(C(=O)C2(C(=O)OC)CC2)C1. The Morgan fingerprint density at radius 3 is 2.54 bits per heavy atom. The molecule has 0 spiro atoms. The molecule has 9 heteroatoms. The number of ether oxygens (including phenoxy) is 1. The van der Waals surface area contributed by atoms with Gasteiger partial charge in [0.1, 0.15) is 17.0 Å². The molecule has 0 atom stereocenters. The van der Waals surface area contributed by atoms with Crippen molar-refractivity contribution < 1.29 is 23.9 Å². The van der Waals surface area contributed by atoms with Crippen LogP contribution in [0.2, 0.25) is 0 Å². The highest BCUT2D eigenvalue weighted by Gasteiger charge is 2.59. The second-order valence-corrected chi connectivity index (χ2v) is 8.62. The number of carbonyl (C=O) groups is 4. The molecule has 3 heterocycles. The summed E-state index contributed by atoms with van der Waals surface area (Å²) in [6, 6.07) is 0. The van der Waals surface area contributed by atoms with Gasteiger partial charge in [-0.1, -0.05) is 0 Å². The van der Waals surface area contributed by atoms with Gasteiger partial charge >= 0.3 is 5.97 Å². The number of methoxy groups -OCH3 is 1. The fraction of sp³-hybridized carbons (Fsp3) is 0.579. The molecule has 2 aliphatic heterocycles. The maximum Gasteiger partial charge on any atom is 0.321 e. The Hall–Kier alpha value is -2.42. The van der Waals surface area contributed by atoms with Crippen LogP contribution in [-0.4, -0.2) is 67.3 Å². The lowest BCUT2D eigenvalue weighted by molar-refractivity contribution is -0.156. The molecule has 28 heavy (non-hydrogen) atoms. The molecular weight excluding hydrogens is 382 g/mol. The third-order valence-electron chi connectivity index (χ3n) is 5.86. The van der Waals surface area contributed by atoms with Gasteiger partial charge in [0.05, 0.1) is 19.2 Å². The van der Waals surface area contributed by atoms with E-state index in [2.05, 4.69) is 0 Å². The Labute approximate surface area is 167 Å². The summed E-state index contributed by atoms with van der Waals surface area (Å²) in [5.41, 5.74) is 0.496. The summed E-state index contributed by atoms with van der Waals surface area (Å²) < 4.78 is 4.83. The summed E-state index contributed by atoms with van der Waals surface area (Å²) in [4.78, 5) is 56.2. The molecule has 1 fully saturated rings. The van der Waals surface area contributed by atoms with Crippen LogP contribution in [0.15, 0.2) is 0 Å². The third-order valence-corrected chi connectivity index (χ3v) is 7.10. The summed E-state index contributed by atoms with van der Waals surface area (Å²) in [5.74, 6) is -0.915. The van der Waals surface area contributed by atoms with E-state index in [4.69, 9.17) is 4.74 Å². The first-order valence-electron chi connectivity index (χ1n) is 9.42. The topological polar surface area (TPSA) is 87.2 Å². The van der Waals surface area contributed by atoms with Crippen LogP contribution in [-0.2, 0) is 32.1 Å². The number of amides is 3. The van der Waals surface area contributed by atoms with Crippen LogP contribution in [0.25, 0.3) is 0 Å². The van der Waals surface area contributed by atoms with Crippen LogP contribution in [0.3, 0.4) is 0 Å². The van der Waals surface area contributed by atoms with Crippen molar-refractivity contribution in [3.05, 3.63) is 16.0 Å². The van der Waals surface area contributed by atoms with Crippen LogP contribution < -0.4 is 4.90 Å². The number of rotatable bonds is 3. The van der Waals surface area contributed by atoms with Crippen molar-refractivity contribution >= 4 is 40.0 Å². The number of esters is 1. The van der Waals surface area contributed by atoms with Crippen molar-refractivity contribution in [2.75, 3.05) is 38.7 Å². The fourth-order valence-corrected chi connectivity index (χ4v) is 5.52. The molecule has 8 nitrogen and oxygen atoms in total. The van der Waals surface area contributed by atoms with Crippen molar-refractivity contribution in [3.8, 4) is 0 Å². The summed E-state index contributed by atoms with van der Waals surface area (Å²) in [5, 5.41) is 0.676. The zero-order valence-corrected chi connectivity index (χ0v) is 17.1. The standard InChI is InChI=1S/C19H23N3O5S/c1-4-22-13(23)10-20(2)15(24)14-11-5-8-21(9-12(11)28-16(14)22)17(25)19(6-7-19)18(26)27-3/h4-10H2,1-3H3. The predicted octanol–water partition coefficient (Wildman–Crippen LogP) is 1.02. The highest BCUT2D eigenvalue weighted by atomic mass is 32.1. The monoisotopic (exact) mass is 405 g/mol. The molecule has 4 rings (SSSR count). The molecule has 0 bridgehead atoms. The van der Waals surface area contributed by atoms with Crippen molar-refractivity contribution in [1.82, 2.24) is 9.80 Å². The Balaban J connectivity index is 1.67. The van der Waals surface area contributed by atoms with Gasteiger partial charge in [-0.3, -0.25) is 19.2 Å². The Kier molecular flexibility index (Phi) is 4.45. The van der Waals surface area contributed by atoms with Crippen LogP contribution in [0.4, 0.5) is 5.00 Å². The minimum absolute atomic E-state index is 0.0646. The number of nitrogens with zero attached hydrogens (tertiary/aromatic N) is 3. The zero-order valence-electron chi connectivity index (χ0n) is 16.2. The Morgan fingerprint density at radius 1 is 1.21 bits per heavy atom. The van der Waals surface area contributed by atoms with E-state index in [1.165, 1.54) is 23.3 Å². The van der Waals surface area contributed by atoms with Gasteiger partial charge in [0.25, 0.3) is 5.91 Å². The molecule has 0 unspecified atom stereocenters. The normalized spacial score (nSPS) is 20.5. The Morgan fingerprint density at radius 2 is 1.93 bits per heavy atom. The third kappa shape index (κ3) is 2.63. The lowest BCUT2D eigenvalue weighted by Gasteiger charge is -2.30. The first-order chi connectivity index (χ1) is 13.3. The molecule has 1 aromatic rings. The van der Waals surface area contributed by atoms with Gasteiger partial charge in [-0.25, -0.2) is 0 Å². The van der Waals surface area contributed by atoms with Crippen LogP contribution in [0.1, 0.15) is 40.6 Å². The summed E-state index contributed by atoms with van der Waals surface area (Å²) in [7, 11) is 2.94. The molecule has 3 amide bonds. The van der Waals surface area contributed by atoms with Crippen molar-refractivity contribution in [2.24, 2.45) is 5.41 Å². The number of likely N-dealkylation sites (N-methyl/N-ethyl adjacent to an activating group) is 2. The van der Waals surface area contributed by atoms with E-state index in [0.29, 0.717) is 49.5 Å². The van der Waals surface area contributed by atoms with Gasteiger partial charge in [0, 0.05) is 25.0 Å². The van der Waals surface area contributed by atoms with Crippen molar-refractivity contribution in [3.63, 3.8) is 0 Å². The smallest absolute Gasteiger partial charge is 0.321 e. The quantitative estimate of drug-likeness (QED) is 0.554. The number of thiophene rings is 1. The average Bonchev–Trinajstić information content (AvgIpc) is 3.42. The Bertz CT molecular complexity index is 888. The van der Waals surface area contributed by atoms with Gasteiger partial charge in [0.15, 0.2) is 0 Å². The molecule has 0 aromatic carbocycles. The van der Waals surface area contributed by atoms with Gasteiger partial charge in [0.2, 0.25) is 11.8 Å². The number of fused-ring (bicyclic) bond motifs is 3. The largest absolute Gasteiger partial charge is 0.468 e. The lowest BCUT2D eigenvalue weighted by Crippen LogP contribution is -2.43. The number of hydrogen-bond acceptors (Lipinski definition) is 6. The van der Waals surface area contributed by atoms with Gasteiger partial charge in [-0.2, -0.15) is 0 Å². The zero-order chi connectivity index (χ0) is 20.2. The van der Waals surface area contributed by atoms with Crippen LogP contribution in [0, 0.1) is 5.41 Å². The van der Waals surface area contributed by atoms with Crippen molar-refractivity contribution in [1.29, 1.82) is 0 Å². The van der Waals surface area contributed by atoms with E-state index in [-0.39, 0.29) is 24.3 Å². The predicted molar refractivity (Wildman–Crippen MR) is 102 cm³/mol. The molecule has 0 radical (unpaired) electrons. The van der Waals surface area contributed by atoms with Gasteiger partial charge < -0.3 is 19.4 Å². The van der Waals surface area contributed by atoms with E-state index in [1.54, 1.807) is 16.8 Å². The maximum absolute atomic E-state index is 13.0. The minimum atomic E-state index is -1.03. The molecule has 1 aromatic heterocycles. The molecular formula is C19H23N3O5S. The summed E-state index contributed by atoms with van der Waals surface area (Å²) >= 11 is 1.41. The summed E-state index contributed by atoms with van der Waals surface area (Å²) in [6.45, 7) is 3.24. The molecule has 3 aliphatic rings. The van der Waals surface area contributed by atoms with E-state index < -0.39 is 11.4 Å². The highest BCUT2D eigenvalue weighted by Crippen LogP contribution is 2.49. The summed E-state index contributed by atoms with van der Waals surface area (Å²) in [6.07, 6.45) is 1.57. The maximum atomic E-state index is 13.0. The van der Waals surface area contributed by atoms with Crippen molar-refractivity contribution in [2.45, 2.75) is 32.7 Å². The first-order valence-corrected chi connectivity index (χ1v) is 10.2. The average molecular weight is 405 g/mol. The fourth-order valence-electron chi connectivity index (χ4n) is 4.09. The van der Waals surface area contributed by atoms with Crippen LogP contribution >= 0.6 is 11.3 Å². The molecule has 1 aliphatic carbocycles. The number of hydrogen-bond donors (Lipinski definition) is 0.